The Morgan fingerprint density at radius 1 is 1.20 bits per heavy atom. The van der Waals surface area contributed by atoms with Gasteiger partial charge >= 0.3 is 6.03 Å². The Balaban J connectivity index is 1.44. The van der Waals surface area contributed by atoms with E-state index < -0.39 is 6.10 Å². The fourth-order valence-corrected chi connectivity index (χ4v) is 3.32. The predicted molar refractivity (Wildman–Crippen MR) is 113 cm³/mol. The van der Waals surface area contributed by atoms with E-state index >= 15 is 0 Å². The number of nitriles is 1. The second-order valence-electron chi connectivity index (χ2n) is 7.35. The van der Waals surface area contributed by atoms with Crippen molar-refractivity contribution in [2.45, 2.75) is 64.3 Å². The van der Waals surface area contributed by atoms with Crippen molar-refractivity contribution in [3.8, 4) is 17.7 Å². The zero-order valence-corrected chi connectivity index (χ0v) is 17.3. The van der Waals surface area contributed by atoms with Crippen molar-refractivity contribution >= 4 is 6.03 Å². The Hall–Kier alpha value is -3.27. The van der Waals surface area contributed by atoms with Crippen LogP contribution in [-0.4, -0.2) is 23.2 Å². The second-order valence-corrected chi connectivity index (χ2v) is 7.35. The molecule has 2 aromatic rings. The first kappa shape index (κ1) is 21.4. The maximum absolute atomic E-state index is 12.2. The number of nitrogens with one attached hydrogen (secondary N) is 2. The normalized spacial score (nSPS) is 14.5. The van der Waals surface area contributed by atoms with Crippen molar-refractivity contribution in [3.05, 3.63) is 53.7 Å². The number of carbonyl (C=O) groups excluding carboxylic acids is 1. The number of benzene rings is 1. The summed E-state index contributed by atoms with van der Waals surface area (Å²) in [6, 6.07) is 13.0. The van der Waals surface area contributed by atoms with E-state index in [1.54, 1.807) is 12.3 Å². The largest absolute Gasteiger partial charge is 0.476 e. The van der Waals surface area contributed by atoms with Crippen LogP contribution in [0.5, 0.6) is 11.6 Å². The van der Waals surface area contributed by atoms with Crippen LogP contribution in [0.2, 0.25) is 0 Å². The Kier molecular flexibility index (Phi) is 7.90. The summed E-state index contributed by atoms with van der Waals surface area (Å²) < 4.78 is 11.5. The first-order valence-electron chi connectivity index (χ1n) is 10.4. The number of amides is 2. The van der Waals surface area contributed by atoms with E-state index in [0.29, 0.717) is 31.1 Å². The Bertz CT molecular complexity index is 875. The highest BCUT2D eigenvalue weighted by Crippen LogP contribution is 2.23. The van der Waals surface area contributed by atoms with E-state index in [-0.39, 0.29) is 12.1 Å². The molecule has 1 aliphatic rings. The molecule has 1 aromatic carbocycles. The highest BCUT2D eigenvalue weighted by molar-refractivity contribution is 5.73. The van der Waals surface area contributed by atoms with E-state index in [2.05, 4.69) is 21.7 Å². The number of ether oxygens (including phenoxy) is 2. The number of pyridine rings is 1. The van der Waals surface area contributed by atoms with Gasteiger partial charge in [0.1, 0.15) is 17.9 Å². The molecule has 0 bridgehead atoms. The van der Waals surface area contributed by atoms with Crippen LogP contribution >= 0.6 is 0 Å². The molecular weight excluding hydrogens is 380 g/mol. The maximum atomic E-state index is 12.2. The lowest BCUT2D eigenvalue weighted by Gasteiger charge is -2.13. The monoisotopic (exact) mass is 408 g/mol. The molecule has 0 spiro atoms. The van der Waals surface area contributed by atoms with Crippen LogP contribution in [0.3, 0.4) is 0 Å². The molecule has 30 heavy (non-hydrogen) atoms. The van der Waals surface area contributed by atoms with E-state index in [0.717, 1.165) is 24.0 Å². The SMILES string of the molecule is CCC(C#N)Oc1cccc(CNC(=O)NCc2ccnc(OC3CCCC3)c2)c1. The van der Waals surface area contributed by atoms with Gasteiger partial charge < -0.3 is 20.1 Å². The fraction of sp³-hybridized carbons (Fsp3) is 0.435. The lowest BCUT2D eigenvalue weighted by atomic mass is 10.2. The second kappa shape index (κ2) is 11.1. The molecule has 7 nitrogen and oxygen atoms in total. The average Bonchev–Trinajstić information content (AvgIpc) is 3.28. The molecule has 1 heterocycles. The van der Waals surface area contributed by atoms with Gasteiger partial charge in [0.05, 0.1) is 0 Å². The molecule has 1 aromatic heterocycles. The summed E-state index contributed by atoms with van der Waals surface area (Å²) in [6.07, 6.45) is 6.67. The van der Waals surface area contributed by atoms with Gasteiger partial charge in [0, 0.05) is 25.4 Å². The van der Waals surface area contributed by atoms with Gasteiger partial charge in [-0.2, -0.15) is 5.26 Å². The summed E-state index contributed by atoms with van der Waals surface area (Å²) in [5.74, 6) is 1.23. The number of aromatic nitrogens is 1. The number of hydrogen-bond donors (Lipinski definition) is 2. The van der Waals surface area contributed by atoms with Crippen LogP contribution in [0.4, 0.5) is 4.79 Å². The molecule has 0 saturated heterocycles. The molecule has 2 N–H and O–H groups in total. The fourth-order valence-electron chi connectivity index (χ4n) is 3.32. The molecule has 1 fully saturated rings. The van der Waals surface area contributed by atoms with Gasteiger partial charge in [-0.05, 0) is 61.4 Å². The van der Waals surface area contributed by atoms with E-state index in [4.69, 9.17) is 14.7 Å². The zero-order valence-electron chi connectivity index (χ0n) is 17.3. The standard InChI is InChI=1S/C23H28N4O3/c1-2-19(14-24)29-21-9-5-6-17(12-21)15-26-23(28)27-16-18-10-11-25-22(13-18)30-20-7-3-4-8-20/h5-6,9-13,19-20H,2-4,7-8,15-16H2,1H3,(H2,26,27,28). The molecule has 3 rings (SSSR count). The van der Waals surface area contributed by atoms with Gasteiger partial charge in [-0.3, -0.25) is 0 Å². The lowest BCUT2D eigenvalue weighted by Crippen LogP contribution is -2.34. The third kappa shape index (κ3) is 6.66. The van der Waals surface area contributed by atoms with Crippen molar-refractivity contribution in [1.82, 2.24) is 15.6 Å². The Labute approximate surface area is 177 Å². The lowest BCUT2D eigenvalue weighted by molar-refractivity contribution is 0.201. The van der Waals surface area contributed by atoms with Crippen LogP contribution in [0.25, 0.3) is 0 Å². The number of urea groups is 1. The Morgan fingerprint density at radius 3 is 2.63 bits per heavy atom. The molecule has 1 unspecified atom stereocenters. The van der Waals surface area contributed by atoms with Crippen LogP contribution in [0, 0.1) is 11.3 Å². The number of rotatable bonds is 9. The molecule has 158 valence electrons. The van der Waals surface area contributed by atoms with E-state index in [1.165, 1.54) is 12.8 Å². The molecule has 7 heteroatoms. The van der Waals surface area contributed by atoms with Gasteiger partial charge in [0.25, 0.3) is 0 Å². The minimum Gasteiger partial charge on any atom is -0.476 e. The minimum atomic E-state index is -0.473. The quantitative estimate of drug-likeness (QED) is 0.652. The van der Waals surface area contributed by atoms with Crippen LogP contribution < -0.4 is 20.1 Å². The molecule has 0 aliphatic heterocycles. The predicted octanol–water partition coefficient (Wildman–Crippen LogP) is 4.08. The topological polar surface area (TPSA) is 96.3 Å². The van der Waals surface area contributed by atoms with Crippen molar-refractivity contribution in [3.63, 3.8) is 0 Å². The summed E-state index contributed by atoms with van der Waals surface area (Å²) in [7, 11) is 0. The number of nitrogens with zero attached hydrogens (tertiary/aromatic N) is 2. The first-order valence-corrected chi connectivity index (χ1v) is 10.4. The zero-order chi connectivity index (χ0) is 21.2. The van der Waals surface area contributed by atoms with Crippen LogP contribution in [-0.2, 0) is 13.1 Å². The highest BCUT2D eigenvalue weighted by Gasteiger charge is 2.17. The summed E-state index contributed by atoms with van der Waals surface area (Å²) in [4.78, 5) is 16.4. The minimum absolute atomic E-state index is 0.254. The molecule has 0 radical (unpaired) electrons. The van der Waals surface area contributed by atoms with Gasteiger partial charge in [0.2, 0.25) is 5.88 Å². The van der Waals surface area contributed by atoms with Gasteiger partial charge in [-0.1, -0.05) is 19.1 Å². The van der Waals surface area contributed by atoms with Crippen LogP contribution in [0.1, 0.15) is 50.2 Å². The smallest absolute Gasteiger partial charge is 0.315 e. The molecule has 1 aliphatic carbocycles. The third-order valence-electron chi connectivity index (χ3n) is 4.99. The van der Waals surface area contributed by atoms with E-state index in [9.17, 15) is 4.79 Å². The summed E-state index contributed by atoms with van der Waals surface area (Å²) in [5.41, 5.74) is 1.83. The summed E-state index contributed by atoms with van der Waals surface area (Å²) in [5, 5.41) is 14.7. The van der Waals surface area contributed by atoms with Gasteiger partial charge in [0.15, 0.2) is 6.10 Å². The summed E-state index contributed by atoms with van der Waals surface area (Å²) >= 11 is 0. The van der Waals surface area contributed by atoms with Crippen molar-refractivity contribution in [2.75, 3.05) is 0 Å². The van der Waals surface area contributed by atoms with Gasteiger partial charge in [-0.25, -0.2) is 9.78 Å². The molecule has 2 amide bonds. The van der Waals surface area contributed by atoms with Crippen molar-refractivity contribution < 1.29 is 14.3 Å². The van der Waals surface area contributed by atoms with E-state index in [1.807, 2.05) is 37.3 Å². The number of hydrogen-bond acceptors (Lipinski definition) is 5. The summed E-state index contributed by atoms with van der Waals surface area (Å²) in [6.45, 7) is 2.65. The molecule has 1 saturated carbocycles. The average molecular weight is 409 g/mol. The molecular formula is C23H28N4O3. The third-order valence-corrected chi connectivity index (χ3v) is 4.99. The van der Waals surface area contributed by atoms with Gasteiger partial charge in [-0.15, -0.1) is 0 Å². The Morgan fingerprint density at radius 2 is 1.93 bits per heavy atom. The van der Waals surface area contributed by atoms with Crippen molar-refractivity contribution in [2.24, 2.45) is 0 Å². The molecule has 1 atom stereocenters. The van der Waals surface area contributed by atoms with Crippen LogP contribution in [0.15, 0.2) is 42.6 Å². The number of carbonyl (C=O) groups is 1. The highest BCUT2D eigenvalue weighted by atomic mass is 16.5. The maximum Gasteiger partial charge on any atom is 0.315 e. The van der Waals surface area contributed by atoms with Crippen molar-refractivity contribution in [1.29, 1.82) is 5.26 Å². The first-order chi connectivity index (χ1) is 14.7.